The van der Waals surface area contributed by atoms with Gasteiger partial charge in [-0.05, 0) is 54.7 Å². The molecule has 0 aliphatic heterocycles. The lowest BCUT2D eigenvalue weighted by Crippen LogP contribution is -2.34. The van der Waals surface area contributed by atoms with Crippen LogP contribution in [-0.2, 0) is 0 Å². The summed E-state index contributed by atoms with van der Waals surface area (Å²) in [6.45, 7) is 0. The number of hydrogen-bond donors (Lipinski definition) is 2. The van der Waals surface area contributed by atoms with E-state index in [2.05, 4.69) is 15.6 Å². The van der Waals surface area contributed by atoms with E-state index in [1.165, 1.54) is 24.3 Å². The van der Waals surface area contributed by atoms with E-state index in [-0.39, 0.29) is 16.4 Å². The molecule has 3 aromatic carbocycles. The van der Waals surface area contributed by atoms with Crippen molar-refractivity contribution in [3.8, 4) is 11.5 Å². The van der Waals surface area contributed by atoms with E-state index in [0.29, 0.717) is 33.3 Å². The third-order valence-electron chi connectivity index (χ3n) is 4.32. The molecule has 31 heavy (non-hydrogen) atoms. The van der Waals surface area contributed by atoms with Gasteiger partial charge in [-0.25, -0.2) is 4.98 Å². The number of anilines is 1. The summed E-state index contributed by atoms with van der Waals surface area (Å²) in [7, 11) is 0. The Hall–Kier alpha value is -3.82. The molecule has 1 heterocycles. The third kappa shape index (κ3) is 4.52. The smallest absolute Gasteiger partial charge is 0.269 e. The Morgan fingerprint density at radius 1 is 1.10 bits per heavy atom. The van der Waals surface area contributed by atoms with Crippen LogP contribution in [0.3, 0.4) is 0 Å². The molecule has 0 unspecified atom stereocenters. The van der Waals surface area contributed by atoms with Crippen LogP contribution in [0.15, 0.2) is 71.1 Å². The lowest BCUT2D eigenvalue weighted by atomic mass is 10.2. The molecule has 0 aliphatic rings. The first-order valence-corrected chi connectivity index (χ1v) is 9.71. The van der Waals surface area contributed by atoms with Crippen molar-refractivity contribution in [3.63, 3.8) is 0 Å². The quantitative estimate of drug-likeness (QED) is 0.249. The fourth-order valence-corrected chi connectivity index (χ4v) is 3.24. The van der Waals surface area contributed by atoms with Gasteiger partial charge in [-0.1, -0.05) is 23.7 Å². The number of aromatic nitrogens is 1. The number of amides is 1. The Kier molecular flexibility index (Phi) is 5.61. The highest BCUT2D eigenvalue weighted by Gasteiger charge is 2.14. The number of benzene rings is 3. The maximum atomic E-state index is 12.3. The topological polar surface area (TPSA) is 110 Å². The van der Waals surface area contributed by atoms with Crippen molar-refractivity contribution in [2.45, 2.75) is 0 Å². The van der Waals surface area contributed by atoms with Crippen molar-refractivity contribution in [1.82, 2.24) is 10.3 Å². The largest absolute Gasteiger partial charge is 0.436 e. The average molecular weight is 453 g/mol. The molecule has 4 rings (SSSR count). The van der Waals surface area contributed by atoms with Crippen LogP contribution in [-0.4, -0.2) is 20.9 Å². The number of nitro benzene ring substituents is 1. The Labute approximate surface area is 186 Å². The first kappa shape index (κ1) is 20.5. The maximum Gasteiger partial charge on any atom is 0.269 e. The number of hydrogen-bond acceptors (Lipinski definition) is 6. The standard InChI is InChI=1S/C21H13ClN4O4S/c22-16-10-7-13(11-15(16)20-24-17-3-1-2-4-18(17)30-20)23-21(31)25-19(27)12-5-8-14(9-6-12)26(28)29/h1-11H,(H2,23,25,27,31). The summed E-state index contributed by atoms with van der Waals surface area (Å²) in [5.74, 6) is -0.142. The SMILES string of the molecule is O=C(NC(=S)Nc1ccc(Cl)c(-c2nc3ccccc3o2)c1)c1ccc([N+](=O)[O-])cc1. The Bertz CT molecular complexity index is 1290. The fourth-order valence-electron chi connectivity index (χ4n) is 2.83. The minimum Gasteiger partial charge on any atom is -0.436 e. The van der Waals surface area contributed by atoms with Gasteiger partial charge in [0, 0.05) is 23.4 Å². The number of nitrogens with zero attached hydrogens (tertiary/aromatic N) is 2. The van der Waals surface area contributed by atoms with Crippen LogP contribution in [0.1, 0.15) is 10.4 Å². The summed E-state index contributed by atoms with van der Waals surface area (Å²) in [4.78, 5) is 26.9. The minimum atomic E-state index is -0.539. The molecule has 0 aliphatic carbocycles. The van der Waals surface area contributed by atoms with E-state index < -0.39 is 10.8 Å². The molecule has 1 aromatic heterocycles. The van der Waals surface area contributed by atoms with Gasteiger partial charge in [0.25, 0.3) is 11.6 Å². The zero-order valence-corrected chi connectivity index (χ0v) is 17.2. The number of thiocarbonyl (C=S) groups is 1. The molecule has 0 radical (unpaired) electrons. The number of para-hydroxylation sites is 2. The van der Waals surface area contributed by atoms with E-state index in [0.717, 1.165) is 0 Å². The highest BCUT2D eigenvalue weighted by atomic mass is 35.5. The van der Waals surface area contributed by atoms with Crippen LogP contribution in [0.25, 0.3) is 22.6 Å². The lowest BCUT2D eigenvalue weighted by Gasteiger charge is -2.11. The van der Waals surface area contributed by atoms with Crippen molar-refractivity contribution >= 4 is 57.3 Å². The summed E-state index contributed by atoms with van der Waals surface area (Å²) in [5, 5.41) is 16.6. The van der Waals surface area contributed by atoms with Gasteiger partial charge in [0.2, 0.25) is 5.89 Å². The molecule has 1 amide bonds. The number of nitro groups is 1. The van der Waals surface area contributed by atoms with Crippen LogP contribution >= 0.6 is 23.8 Å². The van der Waals surface area contributed by atoms with Gasteiger partial charge in [-0.15, -0.1) is 0 Å². The number of fused-ring (bicyclic) bond motifs is 1. The van der Waals surface area contributed by atoms with Crippen LogP contribution in [0.5, 0.6) is 0 Å². The second kappa shape index (κ2) is 8.50. The van der Waals surface area contributed by atoms with E-state index in [4.69, 9.17) is 28.2 Å². The highest BCUT2D eigenvalue weighted by Crippen LogP contribution is 2.32. The molecule has 0 atom stereocenters. The van der Waals surface area contributed by atoms with E-state index in [1.54, 1.807) is 18.2 Å². The number of oxazole rings is 1. The minimum absolute atomic E-state index is 0.0502. The molecule has 10 heteroatoms. The van der Waals surface area contributed by atoms with Gasteiger partial charge in [0.05, 0.1) is 15.5 Å². The molecule has 2 N–H and O–H groups in total. The molecule has 0 saturated heterocycles. The number of nitrogens with one attached hydrogen (secondary N) is 2. The van der Waals surface area contributed by atoms with E-state index in [9.17, 15) is 14.9 Å². The predicted molar refractivity (Wildman–Crippen MR) is 121 cm³/mol. The number of rotatable bonds is 4. The Balaban J connectivity index is 1.49. The van der Waals surface area contributed by atoms with Crippen molar-refractivity contribution in [2.75, 3.05) is 5.32 Å². The molecule has 8 nitrogen and oxygen atoms in total. The molecule has 0 bridgehead atoms. The molecule has 0 spiro atoms. The summed E-state index contributed by atoms with van der Waals surface area (Å²) in [6, 6.07) is 17.6. The summed E-state index contributed by atoms with van der Waals surface area (Å²) >= 11 is 11.5. The normalized spacial score (nSPS) is 10.6. The number of non-ortho nitro benzene ring substituents is 1. The fraction of sp³-hybridized carbons (Fsp3) is 0. The molecule has 0 fully saturated rings. The van der Waals surface area contributed by atoms with Gasteiger partial charge in [0.1, 0.15) is 5.52 Å². The third-order valence-corrected chi connectivity index (χ3v) is 4.85. The number of carbonyl (C=O) groups is 1. The predicted octanol–water partition coefficient (Wildman–Crippen LogP) is 5.18. The van der Waals surface area contributed by atoms with E-state index in [1.807, 2.05) is 24.3 Å². The maximum absolute atomic E-state index is 12.3. The van der Waals surface area contributed by atoms with Crippen molar-refractivity contribution in [1.29, 1.82) is 0 Å². The molecular formula is C21H13ClN4O4S. The zero-order valence-electron chi connectivity index (χ0n) is 15.7. The van der Waals surface area contributed by atoms with Gasteiger partial charge >= 0.3 is 0 Å². The second-order valence-corrected chi connectivity index (χ2v) is 7.21. The Morgan fingerprint density at radius 3 is 2.55 bits per heavy atom. The number of halogens is 1. The number of carbonyl (C=O) groups excluding carboxylic acids is 1. The van der Waals surface area contributed by atoms with Crippen LogP contribution < -0.4 is 10.6 Å². The molecular weight excluding hydrogens is 440 g/mol. The van der Waals surface area contributed by atoms with Gasteiger partial charge in [-0.2, -0.15) is 0 Å². The molecule has 4 aromatic rings. The molecule has 154 valence electrons. The second-order valence-electron chi connectivity index (χ2n) is 6.39. The monoisotopic (exact) mass is 452 g/mol. The lowest BCUT2D eigenvalue weighted by molar-refractivity contribution is -0.384. The summed E-state index contributed by atoms with van der Waals surface area (Å²) < 4.78 is 5.77. The van der Waals surface area contributed by atoms with Gasteiger partial charge < -0.3 is 9.73 Å². The van der Waals surface area contributed by atoms with Crippen LogP contribution in [0, 0.1) is 10.1 Å². The van der Waals surface area contributed by atoms with Gasteiger partial charge in [0.15, 0.2) is 10.7 Å². The van der Waals surface area contributed by atoms with E-state index >= 15 is 0 Å². The van der Waals surface area contributed by atoms with Crippen molar-refractivity contribution < 1.29 is 14.1 Å². The van der Waals surface area contributed by atoms with Crippen molar-refractivity contribution in [3.05, 3.63) is 87.4 Å². The average Bonchev–Trinajstić information content (AvgIpc) is 3.19. The zero-order chi connectivity index (χ0) is 22.0. The summed E-state index contributed by atoms with van der Waals surface area (Å²) in [6.07, 6.45) is 0. The summed E-state index contributed by atoms with van der Waals surface area (Å²) in [5.41, 5.74) is 2.60. The van der Waals surface area contributed by atoms with Crippen LogP contribution in [0.4, 0.5) is 11.4 Å². The first-order chi connectivity index (χ1) is 14.9. The Morgan fingerprint density at radius 2 is 1.84 bits per heavy atom. The molecule has 0 saturated carbocycles. The van der Waals surface area contributed by atoms with Crippen molar-refractivity contribution in [2.24, 2.45) is 0 Å². The van der Waals surface area contributed by atoms with Gasteiger partial charge in [-0.3, -0.25) is 20.2 Å². The van der Waals surface area contributed by atoms with Crippen LogP contribution in [0.2, 0.25) is 5.02 Å². The highest BCUT2D eigenvalue weighted by molar-refractivity contribution is 7.80. The first-order valence-electron chi connectivity index (χ1n) is 8.93.